The molecule has 138 heavy (non-hydrogen) atoms. The fraction of sp³-hybridized carbons (Fsp3) is 0.0382. The fourth-order valence-corrected chi connectivity index (χ4v) is 23.2. The molecule has 2 atom stereocenters. The van der Waals surface area contributed by atoms with E-state index in [1.807, 2.05) is 48.5 Å². The molecule has 7 aliphatic rings. The van der Waals surface area contributed by atoms with Gasteiger partial charge in [0, 0.05) is 56.6 Å². The molecule has 2 aliphatic heterocycles. The minimum atomic E-state index is -0.561. The van der Waals surface area contributed by atoms with Crippen molar-refractivity contribution in [1.82, 2.24) is 0 Å². The van der Waals surface area contributed by atoms with Crippen LogP contribution in [0.25, 0.3) is 100 Å². The number of benzene rings is 21. The zero-order chi connectivity index (χ0) is 91.3. The van der Waals surface area contributed by atoms with Crippen LogP contribution in [0, 0.1) is 0 Å². The Morgan fingerprint density at radius 3 is 0.710 bits per heavy atom. The van der Waals surface area contributed by atoms with Gasteiger partial charge in [-0.05, 0) is 326 Å². The molecule has 28 rings (SSSR count). The Labute approximate surface area is 802 Å². The number of hydrogen-bond donors (Lipinski definition) is 0. The van der Waals surface area contributed by atoms with Crippen LogP contribution in [0.4, 0.5) is 51.2 Å². The van der Waals surface area contributed by atoms with Crippen LogP contribution >= 0.6 is 0 Å². The van der Waals surface area contributed by atoms with Crippen LogP contribution < -0.4 is 33.6 Å². The van der Waals surface area contributed by atoms with Gasteiger partial charge in [-0.1, -0.05) is 335 Å². The van der Waals surface area contributed by atoms with Crippen molar-refractivity contribution in [1.29, 1.82) is 0 Å². The lowest BCUT2D eigenvalue weighted by atomic mass is 9.70. The van der Waals surface area contributed by atoms with Crippen LogP contribution in [-0.4, -0.2) is 0 Å². The molecule has 0 N–H and O–H groups in total. The van der Waals surface area contributed by atoms with E-state index >= 15 is 0 Å². The van der Waals surface area contributed by atoms with Gasteiger partial charge in [-0.25, -0.2) is 0 Å². The van der Waals surface area contributed by atoms with Gasteiger partial charge < -0.3 is 33.6 Å². The summed E-state index contributed by atoms with van der Waals surface area (Å²) in [5, 5.41) is 0. The van der Waals surface area contributed by atoms with E-state index in [0.717, 1.165) is 119 Å². The molecule has 0 saturated carbocycles. The van der Waals surface area contributed by atoms with Crippen molar-refractivity contribution in [3.05, 3.63) is 547 Å². The first kappa shape index (κ1) is 79.9. The molecule has 21 aromatic carbocycles. The van der Waals surface area contributed by atoms with E-state index < -0.39 is 10.8 Å². The predicted molar refractivity (Wildman–Crippen MR) is 562 cm³/mol. The molecule has 21 aromatic rings. The maximum absolute atomic E-state index is 6.62. The number of hydrogen-bond acceptors (Lipinski definition) is 7. The predicted octanol–water partition coefficient (Wildman–Crippen LogP) is 35.2. The third-order valence-electron chi connectivity index (χ3n) is 29.5. The molecule has 7 heteroatoms. The van der Waals surface area contributed by atoms with E-state index in [0.29, 0.717) is 0 Å². The SMILES string of the molecule is CC1(C)c2ccccc2-c2ccc(N(c3ccc(-c4ccccc4)cc3)c3ccc(-c4ccc5c(c4)C4(c6ccccc6-5)c5ccccc5-c5cc6c(cc54)Oc4ccccc4O6)cc3)cc21.c1ccc(-c2ccc(N(c3ccc(-c4ccc5c(c4)C4(c6ccccc6-5)c5ccccc5-c5cc6c(cc54)Oc4ccccc4O6)cc3)c3ccc(N(c4ccccc4)c4ccccc4)cc3)cc2)cc1. The lowest BCUT2D eigenvalue weighted by Crippen LogP contribution is -2.26. The Hall–Kier alpha value is -17.8. The number of ether oxygens (including phenoxy) is 4. The van der Waals surface area contributed by atoms with Gasteiger partial charge in [-0.2, -0.15) is 0 Å². The van der Waals surface area contributed by atoms with Crippen LogP contribution in [-0.2, 0) is 16.2 Å². The second-order valence-electron chi connectivity index (χ2n) is 37.2. The van der Waals surface area contributed by atoms with Gasteiger partial charge in [0.1, 0.15) is 0 Å². The highest BCUT2D eigenvalue weighted by Gasteiger charge is 2.55. The molecule has 2 spiro atoms. The quantitative estimate of drug-likeness (QED) is 0.114. The maximum Gasteiger partial charge on any atom is 0.170 e. The fourth-order valence-electron chi connectivity index (χ4n) is 23.2. The molecule has 2 heterocycles. The molecule has 5 aliphatic carbocycles. The minimum Gasteiger partial charge on any atom is -0.450 e. The van der Waals surface area contributed by atoms with Crippen molar-refractivity contribution in [3.63, 3.8) is 0 Å². The number of rotatable bonds is 13. The lowest BCUT2D eigenvalue weighted by Gasteiger charge is -2.31. The molecule has 0 fully saturated rings. The lowest BCUT2D eigenvalue weighted by molar-refractivity contribution is 0.359. The summed E-state index contributed by atoms with van der Waals surface area (Å²) in [5.74, 6) is 5.83. The van der Waals surface area contributed by atoms with Crippen LogP contribution in [0.1, 0.15) is 69.5 Å². The van der Waals surface area contributed by atoms with E-state index in [1.165, 1.54) is 134 Å². The zero-order valence-electron chi connectivity index (χ0n) is 75.7. The number of para-hydroxylation sites is 6. The molecule has 650 valence electrons. The van der Waals surface area contributed by atoms with Crippen LogP contribution in [0.15, 0.2) is 491 Å². The second kappa shape index (κ2) is 31.7. The van der Waals surface area contributed by atoms with Gasteiger partial charge in [-0.3, -0.25) is 0 Å². The third-order valence-corrected chi connectivity index (χ3v) is 29.5. The third kappa shape index (κ3) is 12.5. The maximum atomic E-state index is 6.62. The van der Waals surface area contributed by atoms with Crippen molar-refractivity contribution in [2.75, 3.05) is 14.7 Å². The zero-order valence-corrected chi connectivity index (χ0v) is 75.7. The standard InChI is InChI=1S/C67H44N2O2.C64H43NO2/c1-4-16-45(17-5-1)46-28-33-51(34-29-46)69(54-39-37-53(38-40-54)68(49-18-6-2-7-19-49)50-20-8-3-9-21-50)52-35-30-47(31-36-52)48-32-41-57-55-22-10-12-24-59(55)67(61(57)42-48)60-25-13-11-23-56(60)58-43-65-66(44-62(58)67)71-64-27-15-14-26-63(64)70-65;1-63(2)53-19-9-6-16-47(53)50-35-33-46(37-56(50)63)65(44-29-24-41(25-30-44)40-14-4-3-5-15-40)45-31-26-42(27-32-45)43-28-34-51-48-17-7-10-20-54(48)64(57(51)36-43)55-21-11-8-18-49(55)52-38-61-62(39-58(52)64)67-60-23-13-12-22-59(60)66-61/h1-44H;3-39H,1-2H3. The molecule has 0 aromatic heterocycles. The van der Waals surface area contributed by atoms with Crippen molar-refractivity contribution in [2.45, 2.75) is 30.1 Å². The van der Waals surface area contributed by atoms with Crippen molar-refractivity contribution in [2.24, 2.45) is 0 Å². The Balaban J connectivity index is 0.000000139. The minimum absolute atomic E-state index is 0.120. The van der Waals surface area contributed by atoms with E-state index in [1.54, 1.807) is 0 Å². The number of anilines is 9. The smallest absolute Gasteiger partial charge is 0.170 e. The topological polar surface area (TPSA) is 46.6 Å². The summed E-state index contributed by atoms with van der Waals surface area (Å²) in [7, 11) is 0. The van der Waals surface area contributed by atoms with Gasteiger partial charge in [-0.15, -0.1) is 0 Å². The largest absolute Gasteiger partial charge is 0.450 e. The summed E-state index contributed by atoms with van der Waals surface area (Å²) in [4.78, 5) is 7.06. The highest BCUT2D eigenvalue weighted by molar-refractivity contribution is 6.00. The second-order valence-corrected chi connectivity index (χ2v) is 37.2. The van der Waals surface area contributed by atoms with Crippen LogP contribution in [0.5, 0.6) is 46.0 Å². The average molecular weight is 1770 g/mol. The average Bonchev–Trinajstić information content (AvgIpc) is 1.51. The summed E-state index contributed by atoms with van der Waals surface area (Å²) >= 11 is 0. The first-order chi connectivity index (χ1) is 68.1. The highest BCUT2D eigenvalue weighted by atomic mass is 16.6. The number of nitrogens with zero attached hydrogens (tertiary/aromatic N) is 3. The monoisotopic (exact) mass is 1770 g/mol. The normalized spacial score (nSPS) is 14.9. The first-order valence-corrected chi connectivity index (χ1v) is 47.5. The molecule has 7 nitrogen and oxygen atoms in total. The molecule has 0 radical (unpaired) electrons. The Morgan fingerprint density at radius 1 is 0.138 bits per heavy atom. The highest BCUT2D eigenvalue weighted by Crippen LogP contribution is 2.68. The van der Waals surface area contributed by atoms with Gasteiger partial charge in [0.2, 0.25) is 0 Å². The van der Waals surface area contributed by atoms with Gasteiger partial charge in [0.15, 0.2) is 46.0 Å². The van der Waals surface area contributed by atoms with E-state index in [2.05, 4.69) is 471 Å². The number of fused-ring (bicyclic) bond motifs is 27. The molecular formula is C131H87N3O4. The molecule has 0 amide bonds. The molecule has 0 bridgehead atoms. The Bertz CT molecular complexity index is 8410. The van der Waals surface area contributed by atoms with Crippen molar-refractivity contribution >= 4 is 51.2 Å². The van der Waals surface area contributed by atoms with E-state index in [9.17, 15) is 0 Å². The van der Waals surface area contributed by atoms with Gasteiger partial charge >= 0.3 is 0 Å². The summed E-state index contributed by atoms with van der Waals surface area (Å²) in [6, 6.07) is 178. The molecule has 0 saturated heterocycles. The molecular weight excluding hydrogens is 1680 g/mol. The van der Waals surface area contributed by atoms with Crippen molar-refractivity contribution in [3.8, 4) is 146 Å². The van der Waals surface area contributed by atoms with Crippen molar-refractivity contribution < 1.29 is 18.9 Å². The van der Waals surface area contributed by atoms with Crippen LogP contribution in [0.3, 0.4) is 0 Å². The molecule has 2 unspecified atom stereocenters. The summed E-state index contributed by atoms with van der Waals surface area (Å²) in [5.41, 5.74) is 43.2. The van der Waals surface area contributed by atoms with Crippen LogP contribution in [0.2, 0.25) is 0 Å². The first-order valence-electron chi connectivity index (χ1n) is 47.5. The Kier molecular flexibility index (Phi) is 18.4. The van der Waals surface area contributed by atoms with Gasteiger partial charge in [0.25, 0.3) is 0 Å². The summed E-state index contributed by atoms with van der Waals surface area (Å²) < 4.78 is 26.2. The summed E-state index contributed by atoms with van der Waals surface area (Å²) in [6.45, 7) is 4.71. The van der Waals surface area contributed by atoms with E-state index in [-0.39, 0.29) is 5.41 Å². The van der Waals surface area contributed by atoms with E-state index in [4.69, 9.17) is 18.9 Å². The Morgan fingerprint density at radius 2 is 0.355 bits per heavy atom. The summed E-state index contributed by atoms with van der Waals surface area (Å²) in [6.07, 6.45) is 0. The van der Waals surface area contributed by atoms with Gasteiger partial charge in [0.05, 0.1) is 10.8 Å².